The predicted octanol–water partition coefficient (Wildman–Crippen LogP) is 3.96. The summed E-state index contributed by atoms with van der Waals surface area (Å²) in [6, 6.07) is 10.5. The molecule has 0 atom stereocenters. The summed E-state index contributed by atoms with van der Waals surface area (Å²) >= 11 is 0. The first-order chi connectivity index (χ1) is 12.8. The van der Waals surface area contributed by atoms with Crippen molar-refractivity contribution in [3.8, 4) is 0 Å². The molecule has 146 valence electrons. The molecule has 2 heterocycles. The van der Waals surface area contributed by atoms with Gasteiger partial charge in [0.05, 0.1) is 4.90 Å². The van der Waals surface area contributed by atoms with E-state index in [1.165, 1.54) is 12.8 Å². The second-order valence-corrected chi connectivity index (χ2v) is 9.74. The third-order valence-corrected chi connectivity index (χ3v) is 6.22. The predicted molar refractivity (Wildman–Crippen MR) is 109 cm³/mol. The van der Waals surface area contributed by atoms with Crippen LogP contribution in [0.15, 0.2) is 41.3 Å². The SMILES string of the molecule is CC(C)(C)c1ccc(S(=O)(=O)Nc2ccc(N3CCCCCC3)nn2)cc1. The minimum atomic E-state index is -3.69. The Labute approximate surface area is 162 Å². The lowest BCUT2D eigenvalue weighted by Crippen LogP contribution is -2.25. The fourth-order valence-corrected chi connectivity index (χ4v) is 4.18. The standard InChI is InChI=1S/C20H28N4O2S/c1-20(2,3)16-8-10-17(11-9-16)27(25,26)23-18-12-13-19(22-21-18)24-14-6-4-5-7-15-24/h8-13H,4-7,14-15H2,1-3H3,(H,21,23). The second-order valence-electron chi connectivity index (χ2n) is 8.06. The van der Waals surface area contributed by atoms with Crippen molar-refractivity contribution in [3.05, 3.63) is 42.0 Å². The maximum Gasteiger partial charge on any atom is 0.263 e. The number of nitrogens with one attached hydrogen (secondary N) is 1. The number of benzene rings is 1. The van der Waals surface area contributed by atoms with E-state index in [2.05, 4.69) is 40.6 Å². The van der Waals surface area contributed by atoms with Crippen molar-refractivity contribution >= 4 is 21.7 Å². The first kappa shape index (κ1) is 19.6. The highest BCUT2D eigenvalue weighted by atomic mass is 32.2. The zero-order valence-corrected chi connectivity index (χ0v) is 17.1. The number of aromatic nitrogens is 2. The van der Waals surface area contributed by atoms with Gasteiger partial charge < -0.3 is 4.90 Å². The Morgan fingerprint density at radius 3 is 2.04 bits per heavy atom. The quantitative estimate of drug-likeness (QED) is 0.858. The topological polar surface area (TPSA) is 75.2 Å². The van der Waals surface area contributed by atoms with Gasteiger partial charge in [0.2, 0.25) is 0 Å². The van der Waals surface area contributed by atoms with Crippen LogP contribution in [-0.2, 0) is 15.4 Å². The molecule has 2 aromatic rings. The first-order valence-corrected chi connectivity index (χ1v) is 11.0. The van der Waals surface area contributed by atoms with Crippen molar-refractivity contribution in [1.29, 1.82) is 0 Å². The van der Waals surface area contributed by atoms with E-state index in [0.717, 1.165) is 37.3 Å². The Bertz CT molecular complexity index is 848. The average Bonchev–Trinajstić information content (AvgIpc) is 2.91. The molecule has 0 saturated carbocycles. The molecule has 0 unspecified atom stereocenters. The number of sulfonamides is 1. The normalized spacial score (nSPS) is 16.0. The van der Waals surface area contributed by atoms with Crippen LogP contribution < -0.4 is 9.62 Å². The van der Waals surface area contributed by atoms with Crippen LogP contribution in [0.2, 0.25) is 0 Å². The summed E-state index contributed by atoms with van der Waals surface area (Å²) in [5.41, 5.74) is 1.06. The third-order valence-electron chi connectivity index (χ3n) is 4.85. The highest BCUT2D eigenvalue weighted by Crippen LogP contribution is 2.24. The number of nitrogens with zero attached hydrogens (tertiary/aromatic N) is 3. The molecule has 0 bridgehead atoms. The number of hydrogen-bond acceptors (Lipinski definition) is 5. The van der Waals surface area contributed by atoms with Gasteiger partial charge in [-0.05, 0) is 48.1 Å². The Balaban J connectivity index is 1.72. The lowest BCUT2D eigenvalue weighted by atomic mass is 9.87. The van der Waals surface area contributed by atoms with Crippen LogP contribution in [0.4, 0.5) is 11.6 Å². The van der Waals surface area contributed by atoms with E-state index in [0.29, 0.717) is 0 Å². The van der Waals surface area contributed by atoms with Gasteiger partial charge in [-0.2, -0.15) is 0 Å². The van der Waals surface area contributed by atoms with Crippen LogP contribution in [0.25, 0.3) is 0 Å². The monoisotopic (exact) mass is 388 g/mol. The summed E-state index contributed by atoms with van der Waals surface area (Å²) in [5, 5.41) is 8.29. The Morgan fingerprint density at radius 1 is 0.889 bits per heavy atom. The van der Waals surface area contributed by atoms with E-state index in [-0.39, 0.29) is 16.1 Å². The summed E-state index contributed by atoms with van der Waals surface area (Å²) in [5.74, 6) is 1.03. The van der Waals surface area contributed by atoms with Crippen molar-refractivity contribution in [2.24, 2.45) is 0 Å². The van der Waals surface area contributed by atoms with Crippen molar-refractivity contribution < 1.29 is 8.42 Å². The minimum Gasteiger partial charge on any atom is -0.355 e. The molecule has 1 aliphatic heterocycles. The lowest BCUT2D eigenvalue weighted by molar-refractivity contribution is 0.587. The summed E-state index contributed by atoms with van der Waals surface area (Å²) in [6.07, 6.45) is 4.80. The molecule has 0 amide bonds. The van der Waals surface area contributed by atoms with Crippen LogP contribution in [0.1, 0.15) is 52.0 Å². The van der Waals surface area contributed by atoms with E-state index < -0.39 is 10.0 Å². The molecule has 1 N–H and O–H groups in total. The first-order valence-electron chi connectivity index (χ1n) is 9.48. The molecule has 1 saturated heterocycles. The van der Waals surface area contributed by atoms with Crippen LogP contribution in [0.5, 0.6) is 0 Å². The van der Waals surface area contributed by atoms with Gasteiger partial charge in [-0.15, -0.1) is 10.2 Å². The van der Waals surface area contributed by atoms with Gasteiger partial charge >= 0.3 is 0 Å². The van der Waals surface area contributed by atoms with Crippen LogP contribution in [0, 0.1) is 0 Å². The van der Waals surface area contributed by atoms with Gasteiger partial charge in [0.1, 0.15) is 0 Å². The fraction of sp³-hybridized carbons (Fsp3) is 0.500. The summed E-state index contributed by atoms with van der Waals surface area (Å²) in [7, 11) is -3.69. The van der Waals surface area contributed by atoms with E-state index in [9.17, 15) is 8.42 Å². The molecule has 7 heteroatoms. The molecule has 1 aromatic carbocycles. The zero-order valence-electron chi connectivity index (χ0n) is 16.3. The van der Waals surface area contributed by atoms with Gasteiger partial charge in [0.25, 0.3) is 10.0 Å². The molecule has 1 aromatic heterocycles. The van der Waals surface area contributed by atoms with Gasteiger partial charge in [0, 0.05) is 13.1 Å². The number of anilines is 2. The highest BCUT2D eigenvalue weighted by molar-refractivity contribution is 7.92. The molecule has 0 aliphatic carbocycles. The smallest absolute Gasteiger partial charge is 0.263 e. The van der Waals surface area contributed by atoms with Crippen molar-refractivity contribution in [3.63, 3.8) is 0 Å². The number of hydrogen-bond donors (Lipinski definition) is 1. The van der Waals surface area contributed by atoms with Crippen molar-refractivity contribution in [1.82, 2.24) is 10.2 Å². The molecule has 0 radical (unpaired) electrons. The van der Waals surface area contributed by atoms with E-state index in [1.54, 1.807) is 18.2 Å². The summed E-state index contributed by atoms with van der Waals surface area (Å²) in [4.78, 5) is 2.43. The second kappa shape index (κ2) is 7.84. The molecule has 27 heavy (non-hydrogen) atoms. The van der Waals surface area contributed by atoms with Gasteiger partial charge in [-0.3, -0.25) is 4.72 Å². The van der Waals surface area contributed by atoms with Crippen molar-refractivity contribution in [2.75, 3.05) is 22.7 Å². The molecule has 6 nitrogen and oxygen atoms in total. The third kappa shape index (κ3) is 4.97. The Morgan fingerprint density at radius 2 is 1.52 bits per heavy atom. The maximum absolute atomic E-state index is 12.6. The van der Waals surface area contributed by atoms with E-state index in [4.69, 9.17) is 0 Å². The summed E-state index contributed by atoms with van der Waals surface area (Å²) in [6.45, 7) is 8.22. The molecular weight excluding hydrogens is 360 g/mol. The molecular formula is C20H28N4O2S. The summed E-state index contributed by atoms with van der Waals surface area (Å²) < 4.78 is 27.7. The maximum atomic E-state index is 12.6. The lowest BCUT2D eigenvalue weighted by Gasteiger charge is -2.20. The van der Waals surface area contributed by atoms with Crippen molar-refractivity contribution in [2.45, 2.75) is 56.8 Å². The zero-order chi connectivity index (χ0) is 19.5. The van der Waals surface area contributed by atoms with E-state index >= 15 is 0 Å². The molecule has 0 spiro atoms. The fourth-order valence-electron chi connectivity index (χ4n) is 3.18. The van der Waals surface area contributed by atoms with Crippen LogP contribution >= 0.6 is 0 Å². The van der Waals surface area contributed by atoms with Gasteiger partial charge in [0.15, 0.2) is 11.6 Å². The largest absolute Gasteiger partial charge is 0.355 e. The van der Waals surface area contributed by atoms with Gasteiger partial charge in [-0.1, -0.05) is 45.7 Å². The van der Waals surface area contributed by atoms with E-state index in [1.807, 2.05) is 18.2 Å². The van der Waals surface area contributed by atoms with Crippen LogP contribution in [-0.4, -0.2) is 31.7 Å². The average molecular weight is 389 g/mol. The highest BCUT2D eigenvalue weighted by Gasteiger charge is 2.19. The molecule has 1 aliphatic rings. The number of rotatable bonds is 4. The Kier molecular flexibility index (Phi) is 5.69. The minimum absolute atomic E-state index is 0.0235. The Hall–Kier alpha value is -2.15. The van der Waals surface area contributed by atoms with Crippen LogP contribution in [0.3, 0.4) is 0 Å². The van der Waals surface area contributed by atoms with Gasteiger partial charge in [-0.25, -0.2) is 8.42 Å². The molecule has 1 fully saturated rings. The molecule has 3 rings (SSSR count).